The molecule has 0 N–H and O–H groups in total. The van der Waals surface area contributed by atoms with Crippen LogP contribution in [0.4, 0.5) is 0 Å². The molecule has 0 bridgehead atoms. The van der Waals surface area contributed by atoms with Gasteiger partial charge >= 0.3 is 0 Å². The van der Waals surface area contributed by atoms with Crippen LogP contribution in [0.25, 0.3) is 0 Å². The molecule has 10 heavy (non-hydrogen) atoms. The first-order valence-corrected chi connectivity index (χ1v) is 3.49. The number of nitrogens with zero attached hydrogens (tertiary/aromatic N) is 1. The molecule has 0 heterocycles. The lowest BCUT2D eigenvalue weighted by molar-refractivity contribution is -0.117. The van der Waals surface area contributed by atoms with E-state index in [-0.39, 0.29) is 0 Å². The largest absolute Gasteiger partial charge is 0.334 e. The summed E-state index contributed by atoms with van der Waals surface area (Å²) in [5, 5.41) is 0. The zero-order chi connectivity index (χ0) is 7.40. The van der Waals surface area contributed by atoms with E-state index in [9.17, 15) is 4.79 Å². The van der Waals surface area contributed by atoms with Crippen LogP contribution < -0.4 is 0 Å². The van der Waals surface area contributed by atoms with Crippen molar-refractivity contribution in [2.45, 2.75) is 12.8 Å². The van der Waals surface area contributed by atoms with Crippen molar-refractivity contribution < 1.29 is 4.79 Å². The van der Waals surface area contributed by atoms with Gasteiger partial charge in [0.25, 0.3) is 0 Å². The molecule has 2 heteroatoms. The molecule has 1 amide bonds. The number of hydrogen-bond donors (Lipinski definition) is 0. The van der Waals surface area contributed by atoms with Gasteiger partial charge in [0.1, 0.15) is 0 Å². The fraction of sp³-hybridized carbons (Fsp3) is 0.625. The number of terminal acetylenes is 1. The van der Waals surface area contributed by atoms with E-state index in [1.54, 1.807) is 4.90 Å². The van der Waals surface area contributed by atoms with Crippen molar-refractivity contribution in [1.82, 2.24) is 4.90 Å². The fourth-order valence-electron chi connectivity index (χ4n) is 0.894. The first-order chi connectivity index (χ1) is 4.86. The normalized spacial score (nSPS) is 15.9. The Labute approximate surface area is 61.2 Å². The van der Waals surface area contributed by atoms with Gasteiger partial charge in [-0.25, -0.2) is 0 Å². The Bertz CT molecular complexity index is 155. The van der Waals surface area contributed by atoms with Gasteiger partial charge in [0.05, 0.1) is 6.54 Å². The topological polar surface area (TPSA) is 20.3 Å². The zero-order valence-corrected chi connectivity index (χ0v) is 5.92. The monoisotopic (exact) mass is 137 g/mol. The van der Waals surface area contributed by atoms with Crippen LogP contribution in [0.2, 0.25) is 0 Å². The summed E-state index contributed by atoms with van der Waals surface area (Å²) in [6.07, 6.45) is 8.40. The van der Waals surface area contributed by atoms with Gasteiger partial charge in [-0.3, -0.25) is 4.79 Å². The average Bonchev–Trinajstić information content (AvgIpc) is 2.71. The lowest BCUT2D eigenvalue weighted by Gasteiger charge is -2.11. The SMILES string of the molecule is C#CCN(C=O)CC1CC1. The predicted molar refractivity (Wildman–Crippen MR) is 39.2 cm³/mol. The van der Waals surface area contributed by atoms with Crippen molar-refractivity contribution in [3.05, 3.63) is 0 Å². The minimum Gasteiger partial charge on any atom is -0.334 e. The third kappa shape index (κ3) is 2.10. The van der Waals surface area contributed by atoms with E-state index in [1.807, 2.05) is 0 Å². The van der Waals surface area contributed by atoms with Gasteiger partial charge in [0.15, 0.2) is 0 Å². The van der Waals surface area contributed by atoms with Crippen LogP contribution in [-0.4, -0.2) is 24.4 Å². The van der Waals surface area contributed by atoms with E-state index in [0.717, 1.165) is 18.9 Å². The molecule has 2 nitrogen and oxygen atoms in total. The van der Waals surface area contributed by atoms with E-state index in [4.69, 9.17) is 6.42 Å². The van der Waals surface area contributed by atoms with E-state index in [2.05, 4.69) is 5.92 Å². The van der Waals surface area contributed by atoms with E-state index in [0.29, 0.717) is 6.54 Å². The Morgan fingerprint density at radius 1 is 1.70 bits per heavy atom. The molecule has 1 saturated carbocycles. The van der Waals surface area contributed by atoms with E-state index in [1.165, 1.54) is 12.8 Å². The Morgan fingerprint density at radius 3 is 2.80 bits per heavy atom. The number of hydrogen-bond acceptors (Lipinski definition) is 1. The molecule has 0 atom stereocenters. The van der Waals surface area contributed by atoms with Crippen molar-refractivity contribution in [1.29, 1.82) is 0 Å². The molecule has 1 aliphatic rings. The number of rotatable bonds is 4. The molecule has 54 valence electrons. The molecule has 0 aromatic rings. The number of amides is 1. The lowest BCUT2D eigenvalue weighted by atomic mass is 10.4. The molecule has 0 aromatic carbocycles. The third-order valence-corrected chi connectivity index (χ3v) is 1.63. The van der Waals surface area contributed by atoms with Gasteiger partial charge < -0.3 is 4.90 Å². The van der Waals surface area contributed by atoms with Gasteiger partial charge in [0, 0.05) is 6.54 Å². The Balaban J connectivity index is 2.19. The second-order valence-electron chi connectivity index (χ2n) is 2.68. The van der Waals surface area contributed by atoms with Crippen molar-refractivity contribution in [2.24, 2.45) is 5.92 Å². The molecule has 0 radical (unpaired) electrons. The summed E-state index contributed by atoms with van der Waals surface area (Å²) >= 11 is 0. The first-order valence-electron chi connectivity index (χ1n) is 3.49. The summed E-state index contributed by atoms with van der Waals surface area (Å²) in [4.78, 5) is 11.9. The molecule has 0 saturated heterocycles. The lowest BCUT2D eigenvalue weighted by Crippen LogP contribution is -2.24. The predicted octanol–water partition coefficient (Wildman–Crippen LogP) is 0.488. The molecule has 1 rings (SSSR count). The van der Waals surface area contributed by atoms with Crippen molar-refractivity contribution >= 4 is 6.41 Å². The van der Waals surface area contributed by atoms with Crippen LogP contribution in [0.3, 0.4) is 0 Å². The summed E-state index contributed by atoms with van der Waals surface area (Å²) in [7, 11) is 0. The third-order valence-electron chi connectivity index (χ3n) is 1.63. The Hall–Kier alpha value is -0.970. The summed E-state index contributed by atoms with van der Waals surface area (Å²) < 4.78 is 0. The molecule has 0 aromatic heterocycles. The molecule has 0 aliphatic heterocycles. The van der Waals surface area contributed by atoms with Gasteiger partial charge in [-0.15, -0.1) is 6.42 Å². The zero-order valence-electron chi connectivity index (χ0n) is 5.92. The quantitative estimate of drug-likeness (QED) is 0.408. The Morgan fingerprint density at radius 2 is 2.40 bits per heavy atom. The molecule has 1 fully saturated rings. The number of carbonyl (C=O) groups is 1. The average molecular weight is 137 g/mol. The van der Waals surface area contributed by atoms with Crippen molar-refractivity contribution in [3.63, 3.8) is 0 Å². The van der Waals surface area contributed by atoms with Crippen molar-refractivity contribution in [2.75, 3.05) is 13.1 Å². The van der Waals surface area contributed by atoms with Gasteiger partial charge in [-0.05, 0) is 18.8 Å². The highest BCUT2D eigenvalue weighted by Crippen LogP contribution is 2.29. The summed E-state index contributed by atoms with van der Waals surface area (Å²) in [6, 6.07) is 0. The van der Waals surface area contributed by atoms with E-state index < -0.39 is 0 Å². The molecular formula is C8H11NO. The minimum absolute atomic E-state index is 0.458. The number of carbonyl (C=O) groups excluding carboxylic acids is 1. The second kappa shape index (κ2) is 3.26. The summed E-state index contributed by atoms with van der Waals surface area (Å²) in [6.45, 7) is 1.31. The van der Waals surface area contributed by atoms with Crippen molar-refractivity contribution in [3.8, 4) is 12.3 Å². The standard InChI is InChI=1S/C8H11NO/c1-2-5-9(7-10)6-8-3-4-8/h1,7-8H,3-6H2. The van der Waals surface area contributed by atoms with Crippen LogP contribution in [0.5, 0.6) is 0 Å². The van der Waals surface area contributed by atoms with Gasteiger partial charge in [-0.2, -0.15) is 0 Å². The highest BCUT2D eigenvalue weighted by Gasteiger charge is 2.23. The molecule has 0 unspecified atom stereocenters. The second-order valence-corrected chi connectivity index (χ2v) is 2.68. The fourth-order valence-corrected chi connectivity index (χ4v) is 0.894. The van der Waals surface area contributed by atoms with Crippen LogP contribution in [0.15, 0.2) is 0 Å². The van der Waals surface area contributed by atoms with Crippen LogP contribution >= 0.6 is 0 Å². The van der Waals surface area contributed by atoms with Gasteiger partial charge in [-0.1, -0.05) is 5.92 Å². The summed E-state index contributed by atoms with van der Waals surface area (Å²) in [5.74, 6) is 3.18. The summed E-state index contributed by atoms with van der Waals surface area (Å²) in [5.41, 5.74) is 0. The van der Waals surface area contributed by atoms with E-state index >= 15 is 0 Å². The Kier molecular flexibility index (Phi) is 2.33. The maximum absolute atomic E-state index is 10.3. The molecule has 1 aliphatic carbocycles. The van der Waals surface area contributed by atoms with Crippen LogP contribution in [0.1, 0.15) is 12.8 Å². The molecular weight excluding hydrogens is 126 g/mol. The minimum atomic E-state index is 0.458. The van der Waals surface area contributed by atoms with Crippen LogP contribution in [0, 0.1) is 18.3 Å². The highest BCUT2D eigenvalue weighted by molar-refractivity contribution is 5.47. The first kappa shape index (κ1) is 7.14. The van der Waals surface area contributed by atoms with Gasteiger partial charge in [0.2, 0.25) is 6.41 Å². The maximum atomic E-state index is 10.3. The highest BCUT2D eigenvalue weighted by atomic mass is 16.1. The maximum Gasteiger partial charge on any atom is 0.210 e. The van der Waals surface area contributed by atoms with Crippen LogP contribution in [-0.2, 0) is 4.79 Å². The molecule has 0 spiro atoms. The smallest absolute Gasteiger partial charge is 0.210 e.